The van der Waals surface area contributed by atoms with Gasteiger partial charge in [-0.3, -0.25) is 4.90 Å². The molecule has 21 heavy (non-hydrogen) atoms. The quantitative estimate of drug-likeness (QED) is 0.806. The molecule has 0 amide bonds. The number of nitrogens with one attached hydrogen (secondary N) is 1. The first-order valence-electron chi connectivity index (χ1n) is 9.01. The second-order valence-corrected chi connectivity index (χ2v) is 8.25. The first kappa shape index (κ1) is 17.2. The van der Waals surface area contributed by atoms with Crippen molar-refractivity contribution in [3.8, 4) is 0 Å². The fraction of sp³-hybridized carbons (Fsp3) is 1.00. The number of rotatable bonds is 4. The SMILES string of the molecule is CC(CN1CCOCC1)NC1CCCC(C(C)(C)C)CC1. The molecule has 0 radical (unpaired) electrons. The molecule has 2 rings (SSSR count). The average molecular weight is 296 g/mol. The molecule has 0 bridgehead atoms. The largest absolute Gasteiger partial charge is 0.379 e. The van der Waals surface area contributed by atoms with E-state index in [-0.39, 0.29) is 0 Å². The molecule has 0 aromatic rings. The van der Waals surface area contributed by atoms with E-state index in [4.69, 9.17) is 4.74 Å². The predicted octanol–water partition coefficient (Wildman–Crippen LogP) is 3.29. The third kappa shape index (κ3) is 5.88. The van der Waals surface area contributed by atoms with E-state index in [1.165, 1.54) is 38.6 Å². The summed E-state index contributed by atoms with van der Waals surface area (Å²) in [7, 11) is 0. The van der Waals surface area contributed by atoms with Gasteiger partial charge in [-0.05, 0) is 43.9 Å². The Labute approximate surface area is 131 Å². The predicted molar refractivity (Wildman–Crippen MR) is 89.7 cm³/mol. The molecule has 2 aliphatic rings. The summed E-state index contributed by atoms with van der Waals surface area (Å²) in [6, 6.07) is 1.33. The van der Waals surface area contributed by atoms with Gasteiger partial charge >= 0.3 is 0 Å². The molecule has 124 valence electrons. The molecule has 1 aliphatic carbocycles. The van der Waals surface area contributed by atoms with Crippen molar-refractivity contribution in [1.82, 2.24) is 10.2 Å². The molecule has 2 fully saturated rings. The highest BCUT2D eigenvalue weighted by atomic mass is 16.5. The Morgan fingerprint density at radius 3 is 2.48 bits per heavy atom. The van der Waals surface area contributed by atoms with Crippen LogP contribution in [0.4, 0.5) is 0 Å². The smallest absolute Gasteiger partial charge is 0.0594 e. The van der Waals surface area contributed by atoms with Crippen molar-refractivity contribution in [1.29, 1.82) is 0 Å². The van der Waals surface area contributed by atoms with Crippen molar-refractivity contribution in [2.45, 2.75) is 71.9 Å². The lowest BCUT2D eigenvalue weighted by Crippen LogP contribution is -2.47. The average Bonchev–Trinajstić information content (AvgIpc) is 2.65. The molecule has 1 saturated heterocycles. The van der Waals surface area contributed by atoms with Crippen molar-refractivity contribution >= 4 is 0 Å². The summed E-state index contributed by atoms with van der Waals surface area (Å²) in [5, 5.41) is 3.90. The number of morpholine rings is 1. The minimum atomic E-state index is 0.480. The van der Waals surface area contributed by atoms with E-state index in [9.17, 15) is 0 Å². The summed E-state index contributed by atoms with van der Waals surface area (Å²) in [5.74, 6) is 0.902. The van der Waals surface area contributed by atoms with Gasteiger partial charge in [0.05, 0.1) is 13.2 Å². The van der Waals surface area contributed by atoms with E-state index in [1.54, 1.807) is 0 Å². The van der Waals surface area contributed by atoms with Crippen molar-refractivity contribution in [2.24, 2.45) is 11.3 Å². The number of ether oxygens (including phenoxy) is 1. The van der Waals surface area contributed by atoms with Gasteiger partial charge < -0.3 is 10.1 Å². The molecule has 1 N–H and O–H groups in total. The minimum Gasteiger partial charge on any atom is -0.379 e. The minimum absolute atomic E-state index is 0.480. The van der Waals surface area contributed by atoms with Gasteiger partial charge in [-0.2, -0.15) is 0 Å². The van der Waals surface area contributed by atoms with E-state index >= 15 is 0 Å². The number of hydrogen-bond donors (Lipinski definition) is 1. The standard InChI is InChI=1S/C18H36N2O/c1-15(14-20-10-12-21-13-11-20)19-17-7-5-6-16(8-9-17)18(2,3)4/h15-17,19H,5-14H2,1-4H3. The maximum atomic E-state index is 5.43. The van der Waals surface area contributed by atoms with Crippen LogP contribution in [-0.4, -0.2) is 49.8 Å². The summed E-state index contributed by atoms with van der Waals surface area (Å²) in [6.45, 7) is 14.8. The van der Waals surface area contributed by atoms with Gasteiger partial charge in [0.15, 0.2) is 0 Å². The van der Waals surface area contributed by atoms with Crippen molar-refractivity contribution in [3.05, 3.63) is 0 Å². The fourth-order valence-corrected chi connectivity index (χ4v) is 3.96. The van der Waals surface area contributed by atoms with Crippen LogP contribution < -0.4 is 5.32 Å². The van der Waals surface area contributed by atoms with Crippen LogP contribution in [0.5, 0.6) is 0 Å². The number of nitrogens with zero attached hydrogens (tertiary/aromatic N) is 1. The zero-order chi connectivity index (χ0) is 15.3. The normalized spacial score (nSPS) is 30.9. The third-order valence-corrected chi connectivity index (χ3v) is 5.35. The zero-order valence-electron chi connectivity index (χ0n) is 14.7. The summed E-state index contributed by atoms with van der Waals surface area (Å²) in [4.78, 5) is 2.54. The van der Waals surface area contributed by atoms with E-state index < -0.39 is 0 Å². The molecular formula is C18H36N2O. The van der Waals surface area contributed by atoms with Crippen LogP contribution in [0.3, 0.4) is 0 Å². The van der Waals surface area contributed by atoms with Gasteiger partial charge in [-0.25, -0.2) is 0 Å². The summed E-state index contributed by atoms with van der Waals surface area (Å²) < 4.78 is 5.43. The zero-order valence-corrected chi connectivity index (χ0v) is 14.7. The molecule has 0 spiro atoms. The first-order valence-corrected chi connectivity index (χ1v) is 9.01. The third-order valence-electron chi connectivity index (χ3n) is 5.35. The maximum Gasteiger partial charge on any atom is 0.0594 e. The molecule has 3 atom stereocenters. The molecule has 1 saturated carbocycles. The Morgan fingerprint density at radius 1 is 1.10 bits per heavy atom. The highest BCUT2D eigenvalue weighted by Gasteiger charge is 2.28. The molecular weight excluding hydrogens is 260 g/mol. The second-order valence-electron chi connectivity index (χ2n) is 8.25. The second kappa shape index (κ2) is 7.94. The summed E-state index contributed by atoms with van der Waals surface area (Å²) in [5.41, 5.74) is 0.480. The van der Waals surface area contributed by atoms with Crippen LogP contribution in [0.15, 0.2) is 0 Å². The first-order chi connectivity index (χ1) is 9.95. The molecule has 3 heteroatoms. The lowest BCUT2D eigenvalue weighted by atomic mass is 9.76. The van der Waals surface area contributed by atoms with Crippen LogP contribution in [0, 0.1) is 11.3 Å². The van der Waals surface area contributed by atoms with Crippen LogP contribution in [-0.2, 0) is 4.74 Å². The van der Waals surface area contributed by atoms with Crippen molar-refractivity contribution < 1.29 is 4.74 Å². The molecule has 0 aromatic heterocycles. The van der Waals surface area contributed by atoms with E-state index in [0.717, 1.165) is 38.3 Å². The van der Waals surface area contributed by atoms with Crippen LogP contribution >= 0.6 is 0 Å². The van der Waals surface area contributed by atoms with Gasteiger partial charge in [-0.1, -0.05) is 27.2 Å². The molecule has 3 unspecified atom stereocenters. The van der Waals surface area contributed by atoms with Gasteiger partial charge in [-0.15, -0.1) is 0 Å². The topological polar surface area (TPSA) is 24.5 Å². The highest BCUT2D eigenvalue weighted by Crippen LogP contribution is 2.36. The van der Waals surface area contributed by atoms with E-state index in [2.05, 4.69) is 37.9 Å². The monoisotopic (exact) mass is 296 g/mol. The highest BCUT2D eigenvalue weighted by molar-refractivity contribution is 4.83. The number of hydrogen-bond acceptors (Lipinski definition) is 3. The van der Waals surface area contributed by atoms with Gasteiger partial charge in [0, 0.05) is 31.7 Å². The Hall–Kier alpha value is -0.120. The molecule has 1 aliphatic heterocycles. The lowest BCUT2D eigenvalue weighted by molar-refractivity contribution is 0.0337. The molecule has 0 aromatic carbocycles. The Morgan fingerprint density at radius 2 is 1.81 bits per heavy atom. The Balaban J connectivity index is 1.72. The Kier molecular flexibility index (Phi) is 6.51. The summed E-state index contributed by atoms with van der Waals surface area (Å²) >= 11 is 0. The Bertz CT molecular complexity index is 294. The van der Waals surface area contributed by atoms with Gasteiger partial charge in [0.2, 0.25) is 0 Å². The van der Waals surface area contributed by atoms with Gasteiger partial charge in [0.25, 0.3) is 0 Å². The van der Waals surface area contributed by atoms with Crippen LogP contribution in [0.2, 0.25) is 0 Å². The van der Waals surface area contributed by atoms with E-state index in [0.29, 0.717) is 11.5 Å². The van der Waals surface area contributed by atoms with Crippen molar-refractivity contribution in [2.75, 3.05) is 32.8 Å². The molecule has 1 heterocycles. The fourth-order valence-electron chi connectivity index (χ4n) is 3.96. The lowest BCUT2D eigenvalue weighted by Gasteiger charge is -2.31. The maximum absolute atomic E-state index is 5.43. The van der Waals surface area contributed by atoms with Crippen LogP contribution in [0.25, 0.3) is 0 Å². The van der Waals surface area contributed by atoms with Gasteiger partial charge in [0.1, 0.15) is 0 Å². The summed E-state index contributed by atoms with van der Waals surface area (Å²) in [6.07, 6.45) is 6.92. The van der Waals surface area contributed by atoms with E-state index in [1.807, 2.05) is 0 Å². The van der Waals surface area contributed by atoms with Crippen molar-refractivity contribution in [3.63, 3.8) is 0 Å². The van der Waals surface area contributed by atoms with Crippen LogP contribution in [0.1, 0.15) is 59.8 Å². The molecule has 3 nitrogen and oxygen atoms in total.